The Kier molecular flexibility index (Phi) is 5.15. The third kappa shape index (κ3) is 3.53. The third-order valence-corrected chi connectivity index (χ3v) is 5.91. The second kappa shape index (κ2) is 7.73. The van der Waals surface area contributed by atoms with Crippen molar-refractivity contribution >= 4 is 34.7 Å². The van der Waals surface area contributed by atoms with Crippen LogP contribution < -0.4 is 16.0 Å². The van der Waals surface area contributed by atoms with Gasteiger partial charge in [0, 0.05) is 12.6 Å². The van der Waals surface area contributed by atoms with Crippen molar-refractivity contribution in [1.29, 1.82) is 0 Å². The number of nitrogens with zero attached hydrogens (tertiary/aromatic N) is 1. The Bertz CT molecular complexity index is 912. The average molecular weight is 398 g/mol. The molecular formula is C20H22N4O3S. The van der Waals surface area contributed by atoms with Crippen LogP contribution in [0, 0.1) is 0 Å². The van der Waals surface area contributed by atoms with Gasteiger partial charge in [-0.3, -0.25) is 14.4 Å². The summed E-state index contributed by atoms with van der Waals surface area (Å²) in [6, 6.07) is 6.86. The number of fused-ring (bicyclic) bond motifs is 2. The molecular weight excluding hydrogens is 376 g/mol. The zero-order chi connectivity index (χ0) is 19.7. The molecule has 0 spiro atoms. The van der Waals surface area contributed by atoms with Crippen molar-refractivity contribution in [3.63, 3.8) is 0 Å². The minimum atomic E-state index is -0.585. The van der Waals surface area contributed by atoms with E-state index in [0.717, 1.165) is 11.1 Å². The first-order chi connectivity index (χ1) is 13.6. The van der Waals surface area contributed by atoms with Gasteiger partial charge in [0.1, 0.15) is 6.04 Å². The summed E-state index contributed by atoms with van der Waals surface area (Å²) in [5.74, 6) is -0.455. The molecule has 2 atom stereocenters. The number of amides is 3. The van der Waals surface area contributed by atoms with Crippen molar-refractivity contribution in [3.8, 4) is 11.1 Å². The molecule has 2 aliphatic rings. The molecule has 146 valence electrons. The van der Waals surface area contributed by atoms with E-state index in [-0.39, 0.29) is 30.3 Å². The summed E-state index contributed by atoms with van der Waals surface area (Å²) in [6.07, 6.45) is 1.04. The number of thiophene rings is 1. The molecule has 0 aliphatic carbocycles. The molecule has 1 fully saturated rings. The van der Waals surface area contributed by atoms with Crippen LogP contribution in [0.2, 0.25) is 0 Å². The smallest absolute Gasteiger partial charge is 0.256 e. The van der Waals surface area contributed by atoms with Gasteiger partial charge in [0.15, 0.2) is 0 Å². The molecule has 1 aromatic carbocycles. The summed E-state index contributed by atoms with van der Waals surface area (Å²) in [6.45, 7) is 0.663. The first-order valence-electron chi connectivity index (χ1n) is 9.29. The lowest BCUT2D eigenvalue weighted by Crippen LogP contribution is -2.55. The van der Waals surface area contributed by atoms with Gasteiger partial charge < -0.3 is 20.9 Å². The van der Waals surface area contributed by atoms with E-state index in [1.165, 1.54) is 0 Å². The molecule has 4 rings (SSSR count). The normalized spacial score (nSPS) is 21.4. The number of likely N-dealkylation sites (N-methyl/N-ethyl adjacent to an activating group) is 1. The zero-order valence-corrected chi connectivity index (χ0v) is 16.3. The largest absolute Gasteiger partial charge is 0.352 e. The van der Waals surface area contributed by atoms with Gasteiger partial charge in [0.2, 0.25) is 11.8 Å². The summed E-state index contributed by atoms with van der Waals surface area (Å²) in [7, 11) is 1.71. The average Bonchev–Trinajstić information content (AvgIpc) is 3.19. The Labute approximate surface area is 167 Å². The van der Waals surface area contributed by atoms with Gasteiger partial charge in [-0.05, 0) is 60.0 Å². The highest BCUT2D eigenvalue weighted by atomic mass is 32.1. The molecule has 7 nitrogen and oxygen atoms in total. The molecule has 3 N–H and O–H groups in total. The molecule has 0 bridgehead atoms. The van der Waals surface area contributed by atoms with Crippen LogP contribution in [0.4, 0.5) is 5.69 Å². The van der Waals surface area contributed by atoms with Crippen LogP contribution in [0.1, 0.15) is 23.2 Å². The highest BCUT2D eigenvalue weighted by molar-refractivity contribution is 7.08. The van der Waals surface area contributed by atoms with E-state index in [1.807, 2.05) is 29.0 Å². The lowest BCUT2D eigenvalue weighted by molar-refractivity contribution is -0.124. The molecule has 8 heteroatoms. The summed E-state index contributed by atoms with van der Waals surface area (Å²) >= 11 is 1.60. The van der Waals surface area contributed by atoms with Crippen LogP contribution in [0.25, 0.3) is 11.1 Å². The molecule has 0 saturated carbocycles. The standard InChI is InChI=1S/C20H22N4O3S/c1-21-10-18(25)22-14-4-6-24-17(9-14)19(26)23-16-3-2-12(8-15(16)20(24)27)13-5-7-28-11-13/h2-3,5,7-8,11,14,17,21H,4,6,9-10H2,1H3,(H,22,25)(H,23,26)/t14-,17-/m0/s1. The van der Waals surface area contributed by atoms with E-state index in [9.17, 15) is 14.4 Å². The SMILES string of the molecule is CNCC(=O)N[C@H]1CCN2C(=O)c3cc(-c4ccsc4)ccc3NC(=O)[C@@H]2C1. The van der Waals surface area contributed by atoms with E-state index in [4.69, 9.17) is 0 Å². The highest BCUT2D eigenvalue weighted by Gasteiger charge is 2.40. The van der Waals surface area contributed by atoms with Gasteiger partial charge in [-0.25, -0.2) is 0 Å². The first-order valence-corrected chi connectivity index (χ1v) is 10.2. The molecule has 3 heterocycles. The van der Waals surface area contributed by atoms with Gasteiger partial charge in [-0.1, -0.05) is 6.07 Å². The predicted molar refractivity (Wildman–Crippen MR) is 108 cm³/mol. The van der Waals surface area contributed by atoms with Crippen LogP contribution in [-0.4, -0.2) is 54.8 Å². The number of carbonyl (C=O) groups excluding carboxylic acids is 3. The van der Waals surface area contributed by atoms with Gasteiger partial charge in [0.25, 0.3) is 5.91 Å². The lowest BCUT2D eigenvalue weighted by Gasteiger charge is -2.37. The minimum absolute atomic E-state index is 0.106. The Morgan fingerprint density at radius 1 is 1.29 bits per heavy atom. The summed E-state index contributed by atoms with van der Waals surface area (Å²) < 4.78 is 0. The number of benzene rings is 1. The quantitative estimate of drug-likeness (QED) is 0.731. The van der Waals surface area contributed by atoms with E-state index in [1.54, 1.807) is 29.4 Å². The fourth-order valence-electron chi connectivity index (χ4n) is 3.84. The topological polar surface area (TPSA) is 90.5 Å². The highest BCUT2D eigenvalue weighted by Crippen LogP contribution is 2.32. The molecule has 2 aromatic rings. The number of hydrogen-bond donors (Lipinski definition) is 3. The van der Waals surface area contributed by atoms with Gasteiger partial charge in [0.05, 0.1) is 17.8 Å². The molecule has 28 heavy (non-hydrogen) atoms. The van der Waals surface area contributed by atoms with Crippen molar-refractivity contribution in [2.45, 2.75) is 24.9 Å². The molecule has 2 aliphatic heterocycles. The third-order valence-electron chi connectivity index (χ3n) is 5.23. The zero-order valence-electron chi connectivity index (χ0n) is 15.5. The summed E-state index contributed by atoms with van der Waals surface area (Å²) in [5, 5.41) is 12.7. The summed E-state index contributed by atoms with van der Waals surface area (Å²) in [5.41, 5.74) is 3.06. The maximum Gasteiger partial charge on any atom is 0.256 e. The Morgan fingerprint density at radius 3 is 2.89 bits per heavy atom. The number of anilines is 1. The monoisotopic (exact) mass is 398 g/mol. The van der Waals surface area contributed by atoms with Crippen molar-refractivity contribution in [2.75, 3.05) is 25.5 Å². The maximum absolute atomic E-state index is 13.2. The fourth-order valence-corrected chi connectivity index (χ4v) is 4.50. The van der Waals surface area contributed by atoms with Gasteiger partial charge in [-0.15, -0.1) is 0 Å². The Morgan fingerprint density at radius 2 is 2.14 bits per heavy atom. The van der Waals surface area contributed by atoms with E-state index >= 15 is 0 Å². The maximum atomic E-state index is 13.2. The number of rotatable bonds is 4. The Hall–Kier alpha value is -2.71. The van der Waals surface area contributed by atoms with E-state index in [0.29, 0.717) is 30.6 Å². The lowest BCUT2D eigenvalue weighted by atomic mass is 9.96. The minimum Gasteiger partial charge on any atom is -0.352 e. The predicted octanol–water partition coefficient (Wildman–Crippen LogP) is 1.68. The van der Waals surface area contributed by atoms with Crippen LogP contribution in [0.3, 0.4) is 0 Å². The van der Waals surface area contributed by atoms with Crippen molar-refractivity contribution < 1.29 is 14.4 Å². The van der Waals surface area contributed by atoms with Crippen LogP contribution in [0.15, 0.2) is 35.0 Å². The fraction of sp³-hybridized carbons (Fsp3) is 0.350. The molecule has 0 radical (unpaired) electrons. The van der Waals surface area contributed by atoms with Gasteiger partial charge >= 0.3 is 0 Å². The number of carbonyl (C=O) groups is 3. The molecule has 3 amide bonds. The summed E-state index contributed by atoms with van der Waals surface area (Å²) in [4.78, 5) is 39.5. The van der Waals surface area contributed by atoms with Crippen LogP contribution >= 0.6 is 11.3 Å². The molecule has 1 saturated heterocycles. The van der Waals surface area contributed by atoms with E-state index in [2.05, 4.69) is 16.0 Å². The first kappa shape index (κ1) is 18.6. The van der Waals surface area contributed by atoms with E-state index < -0.39 is 6.04 Å². The van der Waals surface area contributed by atoms with Crippen LogP contribution in [-0.2, 0) is 9.59 Å². The Balaban J connectivity index is 1.58. The van der Waals surface area contributed by atoms with Gasteiger partial charge in [-0.2, -0.15) is 11.3 Å². The van der Waals surface area contributed by atoms with Crippen molar-refractivity contribution in [1.82, 2.24) is 15.5 Å². The number of hydrogen-bond acceptors (Lipinski definition) is 5. The second-order valence-corrected chi connectivity index (χ2v) is 7.88. The van der Waals surface area contributed by atoms with Crippen LogP contribution in [0.5, 0.6) is 0 Å². The number of nitrogens with one attached hydrogen (secondary N) is 3. The molecule has 1 aromatic heterocycles. The number of piperidine rings is 1. The van der Waals surface area contributed by atoms with Crippen molar-refractivity contribution in [3.05, 3.63) is 40.6 Å². The molecule has 0 unspecified atom stereocenters. The van der Waals surface area contributed by atoms with Crippen molar-refractivity contribution in [2.24, 2.45) is 0 Å². The second-order valence-electron chi connectivity index (χ2n) is 7.10.